The molecule has 1 aromatic rings. The second-order valence-electron chi connectivity index (χ2n) is 3.80. The number of ether oxygens (including phenoxy) is 1. The van der Waals surface area contributed by atoms with Gasteiger partial charge in [0.05, 0.1) is 6.54 Å². The molecule has 1 atom stereocenters. The molecule has 5 heteroatoms. The summed E-state index contributed by atoms with van der Waals surface area (Å²) in [5.41, 5.74) is 1.06. The summed E-state index contributed by atoms with van der Waals surface area (Å²) in [6.07, 6.45) is -3.69. The summed E-state index contributed by atoms with van der Waals surface area (Å²) in [5, 5.41) is 2.35. The Labute approximate surface area is 91.4 Å². The van der Waals surface area contributed by atoms with Crippen molar-refractivity contribution in [2.24, 2.45) is 0 Å². The van der Waals surface area contributed by atoms with Crippen LogP contribution in [0.3, 0.4) is 0 Å². The molecule has 0 bridgehead atoms. The lowest BCUT2D eigenvalue weighted by atomic mass is 10.1. The maximum absolute atomic E-state index is 11.9. The average Bonchev–Trinajstić information content (AvgIpc) is 2.57. The summed E-state index contributed by atoms with van der Waals surface area (Å²) in [4.78, 5) is 0. The first kappa shape index (κ1) is 11.3. The van der Waals surface area contributed by atoms with Gasteiger partial charge in [0.1, 0.15) is 11.9 Å². The molecule has 2 rings (SSSR count). The van der Waals surface area contributed by atoms with Crippen molar-refractivity contribution in [2.45, 2.75) is 18.7 Å². The molecule has 1 heterocycles. The molecule has 0 amide bonds. The molecule has 1 aliphatic rings. The molecule has 88 valence electrons. The minimum atomic E-state index is -4.16. The lowest BCUT2D eigenvalue weighted by Crippen LogP contribution is -2.36. The minimum absolute atomic E-state index is 0.195. The first-order valence-corrected chi connectivity index (χ1v) is 5.06. The fourth-order valence-corrected chi connectivity index (χ4v) is 1.74. The third kappa shape index (κ3) is 2.88. The van der Waals surface area contributed by atoms with E-state index in [1.807, 2.05) is 24.3 Å². The number of fused-ring (bicyclic) bond motifs is 1. The van der Waals surface area contributed by atoms with Crippen LogP contribution in [0, 0.1) is 0 Å². The van der Waals surface area contributed by atoms with Crippen LogP contribution < -0.4 is 10.1 Å². The van der Waals surface area contributed by atoms with Gasteiger partial charge in [0.15, 0.2) is 0 Å². The Morgan fingerprint density at radius 3 is 2.75 bits per heavy atom. The second-order valence-corrected chi connectivity index (χ2v) is 3.80. The van der Waals surface area contributed by atoms with Crippen LogP contribution in [0.4, 0.5) is 13.2 Å². The SMILES string of the molecule is FC(F)(F)CNCC1Cc2ccccc2O1. The van der Waals surface area contributed by atoms with Gasteiger partial charge in [-0.05, 0) is 11.6 Å². The van der Waals surface area contributed by atoms with Crippen LogP contribution >= 0.6 is 0 Å². The fourth-order valence-electron chi connectivity index (χ4n) is 1.74. The maximum atomic E-state index is 11.9. The summed E-state index contributed by atoms with van der Waals surface area (Å²) >= 11 is 0. The fraction of sp³-hybridized carbons (Fsp3) is 0.455. The molecule has 0 aliphatic carbocycles. The van der Waals surface area contributed by atoms with Crippen molar-refractivity contribution < 1.29 is 17.9 Å². The van der Waals surface area contributed by atoms with E-state index < -0.39 is 12.7 Å². The smallest absolute Gasteiger partial charge is 0.401 e. The van der Waals surface area contributed by atoms with Gasteiger partial charge >= 0.3 is 6.18 Å². The van der Waals surface area contributed by atoms with Crippen molar-refractivity contribution >= 4 is 0 Å². The topological polar surface area (TPSA) is 21.3 Å². The lowest BCUT2D eigenvalue weighted by molar-refractivity contribution is -0.125. The van der Waals surface area contributed by atoms with Crippen LogP contribution in [0.15, 0.2) is 24.3 Å². The van der Waals surface area contributed by atoms with Crippen LogP contribution in [0.1, 0.15) is 5.56 Å². The van der Waals surface area contributed by atoms with Crippen LogP contribution in [-0.4, -0.2) is 25.4 Å². The van der Waals surface area contributed by atoms with Gasteiger partial charge in [-0.1, -0.05) is 18.2 Å². The van der Waals surface area contributed by atoms with Crippen molar-refractivity contribution in [3.05, 3.63) is 29.8 Å². The number of hydrogen-bond donors (Lipinski definition) is 1. The van der Waals surface area contributed by atoms with Gasteiger partial charge in [0.25, 0.3) is 0 Å². The highest BCUT2D eigenvalue weighted by Gasteiger charge is 2.28. The van der Waals surface area contributed by atoms with E-state index in [1.165, 1.54) is 0 Å². The zero-order valence-corrected chi connectivity index (χ0v) is 8.55. The summed E-state index contributed by atoms with van der Waals surface area (Å²) in [6, 6.07) is 7.51. The number of nitrogens with one attached hydrogen (secondary N) is 1. The molecular weight excluding hydrogens is 219 g/mol. The summed E-state index contributed by atoms with van der Waals surface area (Å²) < 4.78 is 41.2. The Bertz CT molecular complexity index is 339. The number of para-hydroxylation sites is 1. The molecule has 1 unspecified atom stereocenters. The number of benzene rings is 1. The summed E-state index contributed by atoms with van der Waals surface area (Å²) in [7, 11) is 0. The molecule has 1 aromatic carbocycles. The second kappa shape index (κ2) is 4.33. The Morgan fingerprint density at radius 2 is 2.06 bits per heavy atom. The van der Waals surface area contributed by atoms with Gasteiger partial charge in [-0.2, -0.15) is 13.2 Å². The van der Waals surface area contributed by atoms with E-state index in [0.29, 0.717) is 6.42 Å². The van der Waals surface area contributed by atoms with E-state index in [1.54, 1.807) is 0 Å². The Hall–Kier alpha value is -1.23. The molecule has 0 aromatic heterocycles. The zero-order valence-electron chi connectivity index (χ0n) is 8.55. The van der Waals surface area contributed by atoms with Gasteiger partial charge in [-0.25, -0.2) is 0 Å². The molecule has 1 N–H and O–H groups in total. The number of hydrogen-bond acceptors (Lipinski definition) is 2. The summed E-state index contributed by atoms with van der Waals surface area (Å²) in [5.74, 6) is 0.779. The van der Waals surface area contributed by atoms with Gasteiger partial charge < -0.3 is 10.1 Å². The van der Waals surface area contributed by atoms with Crippen molar-refractivity contribution in [2.75, 3.05) is 13.1 Å². The maximum Gasteiger partial charge on any atom is 0.401 e. The van der Waals surface area contributed by atoms with E-state index in [-0.39, 0.29) is 12.6 Å². The zero-order chi connectivity index (χ0) is 11.6. The van der Waals surface area contributed by atoms with E-state index in [9.17, 15) is 13.2 Å². The first-order chi connectivity index (χ1) is 7.54. The van der Waals surface area contributed by atoms with Crippen molar-refractivity contribution in [1.82, 2.24) is 5.32 Å². The highest BCUT2D eigenvalue weighted by atomic mass is 19.4. The largest absolute Gasteiger partial charge is 0.488 e. The number of halogens is 3. The molecule has 16 heavy (non-hydrogen) atoms. The highest BCUT2D eigenvalue weighted by molar-refractivity contribution is 5.37. The van der Waals surface area contributed by atoms with E-state index in [4.69, 9.17) is 4.74 Å². The average molecular weight is 231 g/mol. The molecule has 0 saturated heterocycles. The van der Waals surface area contributed by atoms with E-state index >= 15 is 0 Å². The molecule has 0 radical (unpaired) electrons. The summed E-state index contributed by atoms with van der Waals surface area (Å²) in [6.45, 7) is -0.753. The molecule has 2 nitrogen and oxygen atoms in total. The highest BCUT2D eigenvalue weighted by Crippen LogP contribution is 2.27. The Balaban J connectivity index is 1.79. The van der Waals surface area contributed by atoms with Crippen molar-refractivity contribution in [3.8, 4) is 5.75 Å². The molecular formula is C11H12F3NO. The quantitative estimate of drug-likeness (QED) is 0.860. The van der Waals surface area contributed by atoms with Gasteiger partial charge in [0, 0.05) is 13.0 Å². The van der Waals surface area contributed by atoms with Gasteiger partial charge in [0.2, 0.25) is 0 Å². The molecule has 0 fully saturated rings. The van der Waals surface area contributed by atoms with Gasteiger partial charge in [-0.15, -0.1) is 0 Å². The van der Waals surface area contributed by atoms with Crippen molar-refractivity contribution in [1.29, 1.82) is 0 Å². The van der Waals surface area contributed by atoms with Crippen LogP contribution in [0.2, 0.25) is 0 Å². The van der Waals surface area contributed by atoms with E-state index in [0.717, 1.165) is 11.3 Å². The standard InChI is InChI=1S/C11H12F3NO/c12-11(13,14)7-15-6-9-5-8-3-1-2-4-10(8)16-9/h1-4,9,15H,5-7H2. The third-order valence-corrected chi connectivity index (χ3v) is 2.41. The van der Waals surface area contributed by atoms with Crippen LogP contribution in [-0.2, 0) is 6.42 Å². The third-order valence-electron chi connectivity index (χ3n) is 2.41. The Kier molecular flexibility index (Phi) is 3.05. The van der Waals surface area contributed by atoms with Gasteiger partial charge in [-0.3, -0.25) is 0 Å². The number of alkyl halides is 3. The number of rotatable bonds is 3. The molecule has 1 aliphatic heterocycles. The minimum Gasteiger partial charge on any atom is -0.488 e. The van der Waals surface area contributed by atoms with E-state index in [2.05, 4.69) is 5.32 Å². The predicted octanol–water partition coefficient (Wildman–Crippen LogP) is 2.14. The molecule has 0 saturated carbocycles. The predicted molar refractivity (Wildman–Crippen MR) is 53.5 cm³/mol. The molecule has 0 spiro atoms. The van der Waals surface area contributed by atoms with Crippen molar-refractivity contribution in [3.63, 3.8) is 0 Å². The normalized spacial score (nSPS) is 19.3. The van der Waals surface area contributed by atoms with Crippen LogP contribution in [0.25, 0.3) is 0 Å². The van der Waals surface area contributed by atoms with Crippen LogP contribution in [0.5, 0.6) is 5.75 Å². The lowest BCUT2D eigenvalue weighted by Gasteiger charge is -2.13. The first-order valence-electron chi connectivity index (χ1n) is 5.06. The Morgan fingerprint density at radius 1 is 1.31 bits per heavy atom. The monoisotopic (exact) mass is 231 g/mol.